The topological polar surface area (TPSA) is 102 Å². The molecule has 2 N–H and O–H groups in total. The summed E-state index contributed by atoms with van der Waals surface area (Å²) in [6, 6.07) is 8.47. The minimum Gasteiger partial charge on any atom is -0.459 e. The molecule has 0 saturated heterocycles. The van der Waals surface area contributed by atoms with Gasteiger partial charge in [0.1, 0.15) is 11.6 Å². The fourth-order valence-electron chi connectivity index (χ4n) is 3.61. The highest BCUT2D eigenvalue weighted by Gasteiger charge is 2.16. The molecule has 3 heterocycles. The van der Waals surface area contributed by atoms with Crippen molar-refractivity contribution in [3.8, 4) is 0 Å². The van der Waals surface area contributed by atoms with Gasteiger partial charge in [0.15, 0.2) is 5.76 Å². The van der Waals surface area contributed by atoms with Crippen molar-refractivity contribution < 1.29 is 14.0 Å². The smallest absolute Gasteiger partial charge is 0.291 e. The van der Waals surface area contributed by atoms with Crippen molar-refractivity contribution in [2.45, 2.75) is 45.6 Å². The van der Waals surface area contributed by atoms with Crippen molar-refractivity contribution in [1.29, 1.82) is 0 Å². The number of aryl methyl sites for hydroxylation is 2. The number of benzene rings is 1. The molecule has 8 heteroatoms. The van der Waals surface area contributed by atoms with Gasteiger partial charge in [-0.3, -0.25) is 9.59 Å². The first-order chi connectivity index (χ1) is 14.6. The van der Waals surface area contributed by atoms with Gasteiger partial charge in [-0.05, 0) is 49.6 Å². The number of amides is 2. The molecule has 1 aromatic carbocycles. The summed E-state index contributed by atoms with van der Waals surface area (Å²) in [6.45, 7) is 3.29. The van der Waals surface area contributed by atoms with E-state index in [-0.39, 0.29) is 17.6 Å². The average Bonchev–Trinajstić information content (AvgIpc) is 3.35. The summed E-state index contributed by atoms with van der Waals surface area (Å²) in [6.07, 6.45) is 6.55. The normalized spacial score (nSPS) is 13.4. The summed E-state index contributed by atoms with van der Waals surface area (Å²) in [4.78, 5) is 24.8. The fourth-order valence-corrected chi connectivity index (χ4v) is 3.61. The molecule has 0 spiro atoms. The van der Waals surface area contributed by atoms with E-state index in [4.69, 9.17) is 4.42 Å². The number of carbonyl (C=O) groups is 2. The number of carbonyl (C=O) groups excluding carboxylic acids is 2. The van der Waals surface area contributed by atoms with Crippen LogP contribution in [0.3, 0.4) is 0 Å². The molecule has 0 unspecified atom stereocenters. The van der Waals surface area contributed by atoms with Crippen LogP contribution in [0.1, 0.15) is 57.4 Å². The lowest BCUT2D eigenvalue weighted by Crippen LogP contribution is -2.27. The Morgan fingerprint density at radius 2 is 2.03 bits per heavy atom. The van der Waals surface area contributed by atoms with Crippen molar-refractivity contribution in [3.63, 3.8) is 0 Å². The van der Waals surface area contributed by atoms with Crippen LogP contribution < -0.4 is 10.6 Å². The number of rotatable bonds is 6. The Bertz CT molecular complexity index is 1040. The van der Waals surface area contributed by atoms with E-state index >= 15 is 0 Å². The highest BCUT2D eigenvalue weighted by Crippen LogP contribution is 2.19. The van der Waals surface area contributed by atoms with E-state index in [9.17, 15) is 9.59 Å². The SMILES string of the molecule is Cc1ccc(C(=O)NCCc2nnc3n2CCCCC3)cc1NC(=O)c1ccco1. The van der Waals surface area contributed by atoms with Crippen molar-refractivity contribution in [3.05, 3.63) is 65.1 Å². The second-order valence-corrected chi connectivity index (χ2v) is 7.46. The highest BCUT2D eigenvalue weighted by molar-refractivity contribution is 6.03. The minimum absolute atomic E-state index is 0.195. The van der Waals surface area contributed by atoms with Crippen LogP contribution in [-0.4, -0.2) is 33.1 Å². The van der Waals surface area contributed by atoms with Gasteiger partial charge in [0.05, 0.1) is 6.26 Å². The molecular formula is C22H25N5O3. The second-order valence-electron chi connectivity index (χ2n) is 7.46. The first kappa shape index (κ1) is 19.9. The maximum absolute atomic E-state index is 12.6. The number of furan rings is 1. The average molecular weight is 407 g/mol. The van der Waals surface area contributed by atoms with Crippen molar-refractivity contribution in [2.75, 3.05) is 11.9 Å². The first-order valence-electron chi connectivity index (χ1n) is 10.3. The molecule has 0 aliphatic carbocycles. The third-order valence-electron chi connectivity index (χ3n) is 5.31. The third-order valence-corrected chi connectivity index (χ3v) is 5.31. The summed E-state index contributed by atoms with van der Waals surface area (Å²) < 4.78 is 7.30. The van der Waals surface area contributed by atoms with Crippen LogP contribution in [-0.2, 0) is 19.4 Å². The van der Waals surface area contributed by atoms with Gasteiger partial charge < -0.3 is 19.6 Å². The van der Waals surface area contributed by atoms with E-state index in [0.717, 1.165) is 43.0 Å². The summed E-state index contributed by atoms with van der Waals surface area (Å²) in [5, 5.41) is 14.3. The molecule has 156 valence electrons. The zero-order chi connectivity index (χ0) is 20.9. The molecule has 2 aromatic heterocycles. The van der Waals surface area contributed by atoms with E-state index in [1.165, 1.54) is 12.7 Å². The van der Waals surface area contributed by atoms with Crippen LogP contribution in [0.4, 0.5) is 5.69 Å². The molecule has 0 radical (unpaired) electrons. The van der Waals surface area contributed by atoms with Crippen LogP contribution in [0.2, 0.25) is 0 Å². The van der Waals surface area contributed by atoms with Crippen LogP contribution in [0.5, 0.6) is 0 Å². The number of anilines is 1. The largest absolute Gasteiger partial charge is 0.459 e. The maximum Gasteiger partial charge on any atom is 0.291 e. The lowest BCUT2D eigenvalue weighted by Gasteiger charge is -2.11. The number of hydrogen-bond acceptors (Lipinski definition) is 5. The Hall–Kier alpha value is -3.42. The molecule has 0 bridgehead atoms. The monoisotopic (exact) mass is 407 g/mol. The highest BCUT2D eigenvalue weighted by atomic mass is 16.3. The number of fused-ring (bicyclic) bond motifs is 1. The van der Waals surface area contributed by atoms with E-state index in [2.05, 4.69) is 25.4 Å². The fraction of sp³-hybridized carbons (Fsp3) is 0.364. The van der Waals surface area contributed by atoms with E-state index < -0.39 is 0 Å². The molecule has 0 saturated carbocycles. The zero-order valence-electron chi connectivity index (χ0n) is 17.0. The maximum atomic E-state index is 12.6. The molecule has 0 atom stereocenters. The zero-order valence-corrected chi connectivity index (χ0v) is 17.0. The molecule has 2 amide bonds. The van der Waals surface area contributed by atoms with Gasteiger partial charge in [-0.2, -0.15) is 0 Å². The summed E-state index contributed by atoms with van der Waals surface area (Å²) in [5.41, 5.74) is 1.92. The molecule has 0 fully saturated rings. The van der Waals surface area contributed by atoms with Crippen LogP contribution in [0.25, 0.3) is 0 Å². The van der Waals surface area contributed by atoms with Crippen molar-refractivity contribution in [1.82, 2.24) is 20.1 Å². The van der Waals surface area contributed by atoms with E-state index in [1.54, 1.807) is 24.3 Å². The van der Waals surface area contributed by atoms with Crippen LogP contribution in [0, 0.1) is 6.92 Å². The summed E-state index contributed by atoms with van der Waals surface area (Å²) in [5.74, 6) is 1.63. The van der Waals surface area contributed by atoms with Crippen molar-refractivity contribution in [2.24, 2.45) is 0 Å². The van der Waals surface area contributed by atoms with E-state index in [1.807, 2.05) is 13.0 Å². The summed E-state index contributed by atoms with van der Waals surface area (Å²) >= 11 is 0. The molecular weight excluding hydrogens is 382 g/mol. The molecule has 4 rings (SSSR count). The Labute approximate surface area is 174 Å². The van der Waals surface area contributed by atoms with Gasteiger partial charge in [-0.25, -0.2) is 0 Å². The van der Waals surface area contributed by atoms with Gasteiger partial charge in [0, 0.05) is 37.2 Å². The minimum atomic E-state index is -0.354. The number of nitrogens with zero attached hydrogens (tertiary/aromatic N) is 3. The lowest BCUT2D eigenvalue weighted by atomic mass is 10.1. The van der Waals surface area contributed by atoms with Crippen molar-refractivity contribution >= 4 is 17.5 Å². The van der Waals surface area contributed by atoms with Gasteiger partial charge >= 0.3 is 0 Å². The predicted octanol–water partition coefficient (Wildman–Crippen LogP) is 3.13. The van der Waals surface area contributed by atoms with Gasteiger partial charge in [-0.1, -0.05) is 12.5 Å². The standard InChI is InChI=1S/C22H25N5O3/c1-15-8-9-16(14-17(15)24-22(29)18-6-5-13-30-18)21(28)23-11-10-20-26-25-19-7-3-2-4-12-27(19)20/h5-6,8-9,13-14H,2-4,7,10-12H2,1H3,(H,23,28)(H,24,29). The molecule has 8 nitrogen and oxygen atoms in total. The second kappa shape index (κ2) is 8.94. The Morgan fingerprint density at radius 1 is 1.13 bits per heavy atom. The predicted molar refractivity (Wildman–Crippen MR) is 111 cm³/mol. The summed E-state index contributed by atoms with van der Waals surface area (Å²) in [7, 11) is 0. The molecule has 3 aromatic rings. The number of nitrogens with one attached hydrogen (secondary N) is 2. The molecule has 1 aliphatic heterocycles. The van der Waals surface area contributed by atoms with Crippen LogP contribution in [0.15, 0.2) is 41.0 Å². The Kier molecular flexibility index (Phi) is 5.92. The van der Waals surface area contributed by atoms with Gasteiger partial charge in [0.25, 0.3) is 11.8 Å². The molecule has 30 heavy (non-hydrogen) atoms. The van der Waals surface area contributed by atoms with Crippen LogP contribution >= 0.6 is 0 Å². The quantitative estimate of drug-likeness (QED) is 0.654. The molecule has 1 aliphatic rings. The van der Waals surface area contributed by atoms with Gasteiger partial charge in [-0.15, -0.1) is 10.2 Å². The Balaban J connectivity index is 1.37. The number of hydrogen-bond donors (Lipinski definition) is 2. The lowest BCUT2D eigenvalue weighted by molar-refractivity contribution is 0.0951. The first-order valence-corrected chi connectivity index (χ1v) is 10.3. The van der Waals surface area contributed by atoms with E-state index in [0.29, 0.717) is 24.2 Å². The van der Waals surface area contributed by atoms with Gasteiger partial charge in [0.2, 0.25) is 0 Å². The Morgan fingerprint density at radius 3 is 2.87 bits per heavy atom. The third kappa shape index (κ3) is 4.42. The number of aromatic nitrogens is 3.